The Balaban J connectivity index is 0.00000361. The van der Waals surface area contributed by atoms with Gasteiger partial charge in [-0.1, -0.05) is 79.5 Å². The molecule has 2 nitrogen and oxygen atoms in total. The number of nitrogens with zero attached hydrogens (tertiary/aromatic N) is 2. The number of hydrogen-bond acceptors (Lipinski definition) is 1. The molecule has 0 radical (unpaired) electrons. The van der Waals surface area contributed by atoms with Crippen LogP contribution in [-0.4, -0.2) is 4.98 Å². The SMILES string of the molecule is CCC(C)(C)c1nc(C(C)(C)C)[n-]c1C(C)(C)CC.[K+]. The largest absolute Gasteiger partial charge is 1.00 e. The van der Waals surface area contributed by atoms with Crippen LogP contribution in [0, 0.1) is 0 Å². The summed E-state index contributed by atoms with van der Waals surface area (Å²) in [5, 5.41) is 0. The molecule has 0 aliphatic carbocycles. The Bertz CT molecular complexity index is 403. The van der Waals surface area contributed by atoms with E-state index in [1.54, 1.807) is 0 Å². The normalized spacial score (nSPS) is 13.2. The maximum Gasteiger partial charge on any atom is 1.00 e. The molecule has 0 unspecified atom stereocenters. The quantitative estimate of drug-likeness (QED) is 0.792. The summed E-state index contributed by atoms with van der Waals surface area (Å²) in [6.07, 6.45) is 2.17. The van der Waals surface area contributed by atoms with Crippen LogP contribution in [0.3, 0.4) is 0 Å². The van der Waals surface area contributed by atoms with E-state index in [0.717, 1.165) is 18.7 Å². The van der Waals surface area contributed by atoms with Gasteiger partial charge in [-0.15, -0.1) is 0 Å². The molecule has 1 heterocycles. The first-order valence-electron chi connectivity index (χ1n) is 7.52. The zero-order chi connectivity index (χ0) is 15.1. The third-order valence-corrected chi connectivity index (χ3v) is 4.38. The summed E-state index contributed by atoms with van der Waals surface area (Å²) in [4.78, 5) is 9.85. The van der Waals surface area contributed by atoms with Crippen LogP contribution in [-0.2, 0) is 16.2 Å². The average Bonchev–Trinajstić information content (AvgIpc) is 2.74. The summed E-state index contributed by atoms with van der Waals surface area (Å²) >= 11 is 0. The van der Waals surface area contributed by atoms with Crippen LogP contribution in [0.15, 0.2) is 0 Å². The van der Waals surface area contributed by atoms with E-state index in [9.17, 15) is 0 Å². The van der Waals surface area contributed by atoms with Gasteiger partial charge in [0.25, 0.3) is 0 Å². The second-order valence-electron chi connectivity index (χ2n) is 7.97. The van der Waals surface area contributed by atoms with E-state index in [-0.39, 0.29) is 67.6 Å². The summed E-state index contributed by atoms with van der Waals surface area (Å²) < 4.78 is 0. The summed E-state index contributed by atoms with van der Waals surface area (Å²) in [6, 6.07) is 0. The number of hydrogen-bond donors (Lipinski definition) is 0. The molecule has 0 aliphatic heterocycles. The summed E-state index contributed by atoms with van der Waals surface area (Å²) in [5.41, 5.74) is 2.61. The van der Waals surface area contributed by atoms with E-state index in [1.807, 2.05) is 0 Å². The molecule has 3 heteroatoms. The van der Waals surface area contributed by atoms with Gasteiger partial charge >= 0.3 is 51.4 Å². The van der Waals surface area contributed by atoms with Gasteiger partial charge < -0.3 is 9.97 Å². The molecule has 0 N–H and O–H groups in total. The Kier molecular flexibility index (Phi) is 7.24. The van der Waals surface area contributed by atoms with E-state index >= 15 is 0 Å². The Labute approximate surface area is 168 Å². The monoisotopic (exact) mass is 302 g/mol. The third-order valence-electron chi connectivity index (χ3n) is 4.38. The van der Waals surface area contributed by atoms with Crippen LogP contribution in [0.25, 0.3) is 0 Å². The molecule has 0 saturated carbocycles. The van der Waals surface area contributed by atoms with Gasteiger partial charge in [-0.25, -0.2) is 0 Å². The van der Waals surface area contributed by atoms with Gasteiger partial charge in [-0.2, -0.15) is 0 Å². The predicted octanol–water partition coefficient (Wildman–Crippen LogP) is 1.72. The molecule has 0 fully saturated rings. The molecule has 0 aromatic carbocycles. The van der Waals surface area contributed by atoms with Gasteiger partial charge in [-0.3, -0.25) is 0 Å². The van der Waals surface area contributed by atoms with E-state index in [2.05, 4.69) is 62.3 Å². The second kappa shape index (κ2) is 6.95. The van der Waals surface area contributed by atoms with Crippen molar-refractivity contribution >= 4 is 0 Å². The molecular weight excluding hydrogens is 271 g/mol. The van der Waals surface area contributed by atoms with Crippen LogP contribution in [0.5, 0.6) is 0 Å². The summed E-state index contributed by atoms with van der Waals surface area (Å²) in [6.45, 7) is 20.1. The minimum absolute atomic E-state index is 0. The Hall–Kier alpha value is 0.846. The minimum Gasteiger partial charge on any atom is -0.442 e. The molecule has 0 bridgehead atoms. The van der Waals surface area contributed by atoms with Crippen molar-refractivity contribution in [3.63, 3.8) is 0 Å². The molecular formula is C17H31KN2. The predicted molar refractivity (Wildman–Crippen MR) is 82.9 cm³/mol. The number of aromatic nitrogens is 2. The summed E-state index contributed by atoms with van der Waals surface area (Å²) in [5.74, 6) is 0.987. The second-order valence-corrected chi connectivity index (χ2v) is 7.97. The fraction of sp³-hybridized carbons (Fsp3) is 0.824. The molecule has 0 aliphatic rings. The topological polar surface area (TPSA) is 27.0 Å². The maximum atomic E-state index is 4.93. The van der Waals surface area contributed by atoms with E-state index in [4.69, 9.17) is 9.97 Å². The van der Waals surface area contributed by atoms with Crippen molar-refractivity contribution in [1.82, 2.24) is 9.97 Å². The van der Waals surface area contributed by atoms with Gasteiger partial charge in [0.05, 0.1) is 0 Å². The van der Waals surface area contributed by atoms with Crippen molar-refractivity contribution in [3.05, 3.63) is 17.2 Å². The van der Waals surface area contributed by atoms with Crippen molar-refractivity contribution < 1.29 is 51.4 Å². The maximum absolute atomic E-state index is 4.93. The molecule has 1 aromatic rings. The van der Waals surface area contributed by atoms with Crippen molar-refractivity contribution in [2.24, 2.45) is 0 Å². The smallest absolute Gasteiger partial charge is 0.442 e. The molecule has 0 saturated heterocycles. The number of imidazole rings is 1. The van der Waals surface area contributed by atoms with Crippen LogP contribution < -0.4 is 56.4 Å². The molecule has 1 aromatic heterocycles. The van der Waals surface area contributed by atoms with Crippen molar-refractivity contribution in [2.75, 3.05) is 0 Å². The Morgan fingerprint density at radius 2 is 1.30 bits per heavy atom. The first kappa shape index (κ1) is 20.8. The minimum atomic E-state index is 0. The van der Waals surface area contributed by atoms with Gasteiger partial charge in [0, 0.05) is 0 Å². The van der Waals surface area contributed by atoms with E-state index < -0.39 is 0 Å². The van der Waals surface area contributed by atoms with Gasteiger partial charge in [0.1, 0.15) is 0 Å². The molecule has 0 amide bonds. The van der Waals surface area contributed by atoms with E-state index in [1.165, 1.54) is 11.4 Å². The van der Waals surface area contributed by atoms with Crippen molar-refractivity contribution in [2.45, 2.75) is 91.4 Å². The van der Waals surface area contributed by atoms with Crippen LogP contribution in [0.1, 0.15) is 92.4 Å². The van der Waals surface area contributed by atoms with Crippen LogP contribution in [0.4, 0.5) is 0 Å². The third kappa shape index (κ3) is 4.42. The first-order valence-corrected chi connectivity index (χ1v) is 7.52. The molecule has 0 atom stereocenters. The average molecular weight is 303 g/mol. The van der Waals surface area contributed by atoms with Gasteiger partial charge in [0.15, 0.2) is 0 Å². The number of rotatable bonds is 4. The Morgan fingerprint density at radius 1 is 0.850 bits per heavy atom. The first-order chi connectivity index (χ1) is 8.45. The van der Waals surface area contributed by atoms with Gasteiger partial charge in [0.2, 0.25) is 0 Å². The fourth-order valence-corrected chi connectivity index (χ4v) is 1.96. The van der Waals surface area contributed by atoms with Gasteiger partial charge in [-0.05, 0) is 29.1 Å². The van der Waals surface area contributed by atoms with Crippen LogP contribution >= 0.6 is 0 Å². The molecule has 0 spiro atoms. The standard InChI is InChI=1S/C17H31N2.K/c1-10-16(6,7)12-13(17(8,9)11-2)19-14(18-12)15(3,4)5;/h10-11H2,1-9H3;/q-1;+1. The molecule has 1 rings (SSSR count). The van der Waals surface area contributed by atoms with Crippen LogP contribution in [0.2, 0.25) is 0 Å². The van der Waals surface area contributed by atoms with Crippen molar-refractivity contribution in [3.8, 4) is 0 Å². The van der Waals surface area contributed by atoms with E-state index in [0.29, 0.717) is 0 Å². The zero-order valence-electron chi connectivity index (χ0n) is 15.3. The fourth-order valence-electron chi connectivity index (χ4n) is 1.96. The molecule has 110 valence electrons. The zero-order valence-corrected chi connectivity index (χ0v) is 18.4. The Morgan fingerprint density at radius 3 is 1.65 bits per heavy atom. The molecule has 20 heavy (non-hydrogen) atoms. The van der Waals surface area contributed by atoms with Crippen molar-refractivity contribution in [1.29, 1.82) is 0 Å². The summed E-state index contributed by atoms with van der Waals surface area (Å²) in [7, 11) is 0.